The molecular weight excluding hydrogens is 404 g/mol. The van der Waals surface area contributed by atoms with Crippen molar-refractivity contribution in [3.8, 4) is 28.5 Å². The van der Waals surface area contributed by atoms with Crippen molar-refractivity contribution in [2.75, 3.05) is 25.3 Å². The van der Waals surface area contributed by atoms with Gasteiger partial charge in [-0.15, -0.1) is 6.58 Å². The van der Waals surface area contributed by atoms with Crippen molar-refractivity contribution in [1.82, 2.24) is 10.1 Å². The van der Waals surface area contributed by atoms with E-state index in [0.29, 0.717) is 22.2 Å². The molecule has 0 bridgehead atoms. The van der Waals surface area contributed by atoms with Crippen molar-refractivity contribution in [1.29, 1.82) is 0 Å². The number of methoxy groups -OCH3 is 2. The highest BCUT2D eigenvalue weighted by Gasteiger charge is 2.38. The van der Waals surface area contributed by atoms with Crippen LogP contribution in [0.2, 0.25) is 0 Å². The number of para-hydroxylation sites is 1. The number of benzene rings is 2. The number of H-pyrrole nitrogens is 1. The maximum absolute atomic E-state index is 13.0. The number of aromatic amines is 1. The van der Waals surface area contributed by atoms with E-state index in [1.165, 1.54) is 26.0 Å². The topological polar surface area (TPSA) is 100 Å². The number of aromatic hydroxyl groups is 1. The standard InChI is InChI=1S/C21H20N4O4S/c1-4-9-30-21-23-20(27)17-13-7-5-6-8-14(13)22-19(25(17)24-21)12-10-15(28-2)18(26)16(11-12)29-3/h4-8,10-11,19H,1,9H2,2-3H3,(H2,23,24,26,27)/p+1/t19-/m1/s1. The Morgan fingerprint density at radius 2 is 1.97 bits per heavy atom. The molecule has 0 fully saturated rings. The molecule has 1 atom stereocenters. The molecule has 0 amide bonds. The summed E-state index contributed by atoms with van der Waals surface area (Å²) in [4.78, 5) is 15.9. The summed E-state index contributed by atoms with van der Waals surface area (Å²) in [6, 6.07) is 10.9. The van der Waals surface area contributed by atoms with Crippen LogP contribution in [0.25, 0.3) is 11.3 Å². The summed E-state index contributed by atoms with van der Waals surface area (Å²) >= 11 is 1.38. The first-order valence-corrected chi connectivity index (χ1v) is 10.2. The molecule has 1 aliphatic heterocycles. The molecule has 3 N–H and O–H groups in total. The van der Waals surface area contributed by atoms with E-state index in [1.54, 1.807) is 22.9 Å². The Balaban J connectivity index is 1.95. The smallest absolute Gasteiger partial charge is 0.325 e. The highest BCUT2D eigenvalue weighted by Crippen LogP contribution is 2.40. The summed E-state index contributed by atoms with van der Waals surface area (Å²) in [6.07, 6.45) is 1.22. The van der Waals surface area contributed by atoms with Crippen LogP contribution in [0.15, 0.2) is 59.0 Å². The number of fused-ring (bicyclic) bond motifs is 3. The number of nitrogens with one attached hydrogen (secondary N) is 2. The summed E-state index contributed by atoms with van der Waals surface area (Å²) in [5, 5.41) is 18.9. The lowest BCUT2D eigenvalue weighted by Crippen LogP contribution is -2.55. The highest BCUT2D eigenvalue weighted by molar-refractivity contribution is 7.99. The number of hydrogen-bond donors (Lipinski definition) is 3. The van der Waals surface area contributed by atoms with Gasteiger partial charge < -0.3 is 19.9 Å². The summed E-state index contributed by atoms with van der Waals surface area (Å²) in [6.45, 7) is 3.71. The molecule has 0 saturated carbocycles. The Morgan fingerprint density at radius 1 is 1.27 bits per heavy atom. The molecule has 3 aromatic rings. The second-order valence-electron chi connectivity index (χ2n) is 6.52. The fraction of sp³-hybridized carbons (Fsp3) is 0.190. The summed E-state index contributed by atoms with van der Waals surface area (Å²) in [5.41, 5.74) is 2.45. The largest absolute Gasteiger partial charge is 0.502 e. The van der Waals surface area contributed by atoms with Crippen LogP contribution in [-0.4, -0.2) is 35.2 Å². The molecule has 1 aromatic heterocycles. The van der Waals surface area contributed by atoms with Gasteiger partial charge in [0, 0.05) is 10.9 Å². The molecule has 154 valence electrons. The van der Waals surface area contributed by atoms with E-state index >= 15 is 0 Å². The van der Waals surface area contributed by atoms with Gasteiger partial charge in [0.05, 0.1) is 31.0 Å². The van der Waals surface area contributed by atoms with Gasteiger partial charge in [-0.3, -0.25) is 9.78 Å². The average Bonchev–Trinajstić information content (AvgIpc) is 2.77. The van der Waals surface area contributed by atoms with Crippen molar-refractivity contribution in [3.63, 3.8) is 0 Å². The van der Waals surface area contributed by atoms with Gasteiger partial charge in [-0.1, -0.05) is 30.0 Å². The lowest BCUT2D eigenvalue weighted by molar-refractivity contribution is -0.759. The third-order valence-corrected chi connectivity index (χ3v) is 5.60. The lowest BCUT2D eigenvalue weighted by Gasteiger charge is -2.23. The molecular formula is C21H21N4O4S+. The second-order valence-corrected chi connectivity index (χ2v) is 7.53. The number of hydrogen-bond acceptors (Lipinski definition) is 7. The van der Waals surface area contributed by atoms with Crippen LogP contribution in [0.5, 0.6) is 17.2 Å². The van der Waals surface area contributed by atoms with Gasteiger partial charge >= 0.3 is 11.3 Å². The zero-order valence-corrected chi connectivity index (χ0v) is 17.3. The van der Waals surface area contributed by atoms with Crippen molar-refractivity contribution in [2.45, 2.75) is 11.3 Å². The van der Waals surface area contributed by atoms with Crippen LogP contribution in [-0.2, 0) is 0 Å². The minimum atomic E-state index is -0.524. The van der Waals surface area contributed by atoms with E-state index in [4.69, 9.17) is 9.47 Å². The quantitative estimate of drug-likeness (QED) is 0.317. The summed E-state index contributed by atoms with van der Waals surface area (Å²) in [7, 11) is 2.94. The number of nitrogens with zero attached hydrogens (tertiary/aromatic N) is 2. The first-order valence-electron chi connectivity index (χ1n) is 9.18. The predicted octanol–water partition coefficient (Wildman–Crippen LogP) is 2.70. The summed E-state index contributed by atoms with van der Waals surface area (Å²) in [5.74, 6) is 1.04. The van der Waals surface area contributed by atoms with Crippen LogP contribution in [0.1, 0.15) is 11.7 Å². The van der Waals surface area contributed by atoms with Crippen LogP contribution in [0.3, 0.4) is 0 Å². The maximum atomic E-state index is 13.0. The minimum Gasteiger partial charge on any atom is -0.502 e. The van der Waals surface area contributed by atoms with Gasteiger partial charge in [-0.05, 0) is 28.9 Å². The minimum absolute atomic E-state index is 0.0914. The molecule has 4 rings (SSSR count). The molecule has 0 radical (unpaired) electrons. The van der Waals surface area contributed by atoms with Crippen molar-refractivity contribution in [3.05, 3.63) is 65.0 Å². The fourth-order valence-electron chi connectivity index (χ4n) is 3.39. The van der Waals surface area contributed by atoms with Gasteiger partial charge in [0.25, 0.3) is 6.17 Å². The molecule has 1 aliphatic rings. The third-order valence-electron chi connectivity index (χ3n) is 4.74. The number of phenolic OH excluding ortho intramolecular Hbond substituents is 1. The van der Waals surface area contributed by atoms with Crippen LogP contribution in [0, 0.1) is 0 Å². The van der Waals surface area contributed by atoms with Gasteiger partial charge in [-0.25, -0.2) is 0 Å². The van der Waals surface area contributed by atoms with E-state index < -0.39 is 6.17 Å². The Labute approximate surface area is 177 Å². The van der Waals surface area contributed by atoms with Crippen molar-refractivity contribution >= 4 is 17.4 Å². The van der Waals surface area contributed by atoms with E-state index in [-0.39, 0.29) is 22.8 Å². The maximum Gasteiger partial charge on any atom is 0.325 e. The average molecular weight is 425 g/mol. The van der Waals surface area contributed by atoms with E-state index in [1.807, 2.05) is 24.3 Å². The molecule has 2 heterocycles. The van der Waals surface area contributed by atoms with Crippen LogP contribution >= 0.6 is 11.8 Å². The Bertz CT molecular complexity index is 1150. The monoisotopic (exact) mass is 425 g/mol. The number of rotatable bonds is 6. The second kappa shape index (κ2) is 8.11. The molecule has 9 heteroatoms. The first kappa shape index (κ1) is 19.8. The van der Waals surface area contributed by atoms with E-state index in [0.717, 1.165) is 11.3 Å². The molecule has 0 spiro atoms. The normalized spacial score (nSPS) is 14.3. The molecule has 8 nitrogen and oxygen atoms in total. The van der Waals surface area contributed by atoms with E-state index in [9.17, 15) is 9.90 Å². The fourth-order valence-corrected chi connectivity index (χ4v) is 3.97. The Morgan fingerprint density at radius 3 is 2.63 bits per heavy atom. The molecule has 0 unspecified atom stereocenters. The zero-order valence-electron chi connectivity index (χ0n) is 16.5. The number of ether oxygens (including phenoxy) is 2. The van der Waals surface area contributed by atoms with E-state index in [2.05, 4.69) is 22.0 Å². The lowest BCUT2D eigenvalue weighted by atomic mass is 10.0. The first-order chi connectivity index (χ1) is 14.6. The SMILES string of the molecule is C=CCSc1n[n+]2c(c(=O)[nH]1)-c1ccccc1N[C@H]2c1cc(OC)c(O)c(OC)c1. The number of phenols is 1. The number of anilines is 1. The molecule has 0 saturated heterocycles. The summed E-state index contributed by atoms with van der Waals surface area (Å²) < 4.78 is 12.3. The van der Waals surface area contributed by atoms with Gasteiger partial charge in [0.1, 0.15) is 0 Å². The molecule has 30 heavy (non-hydrogen) atoms. The van der Waals surface area contributed by atoms with Crippen LogP contribution in [0.4, 0.5) is 5.69 Å². The predicted molar refractivity (Wildman–Crippen MR) is 114 cm³/mol. The molecule has 2 aromatic carbocycles. The number of aromatic nitrogens is 3. The van der Waals surface area contributed by atoms with Crippen LogP contribution < -0.4 is 25.0 Å². The third kappa shape index (κ3) is 3.37. The van der Waals surface area contributed by atoms with Gasteiger partial charge in [-0.2, -0.15) is 0 Å². The zero-order chi connectivity index (χ0) is 21.3. The van der Waals surface area contributed by atoms with Crippen molar-refractivity contribution < 1.29 is 19.3 Å². The molecule has 0 aliphatic carbocycles. The Hall–Kier alpha value is -3.46. The van der Waals surface area contributed by atoms with Gasteiger partial charge in [0.15, 0.2) is 11.5 Å². The number of thioether (sulfide) groups is 1. The Kier molecular flexibility index (Phi) is 5.37. The van der Waals surface area contributed by atoms with Crippen molar-refractivity contribution in [2.24, 2.45) is 0 Å². The highest BCUT2D eigenvalue weighted by atomic mass is 32.2. The van der Waals surface area contributed by atoms with Gasteiger partial charge in [0.2, 0.25) is 10.9 Å².